The summed E-state index contributed by atoms with van der Waals surface area (Å²) in [5, 5.41) is 0.913. The Morgan fingerprint density at radius 3 is 2.72 bits per heavy atom. The quantitative estimate of drug-likeness (QED) is 0.821. The first kappa shape index (κ1) is 17.8. The number of carbonyl (C=O) groups is 2. The molecule has 2 heterocycles. The van der Waals surface area contributed by atoms with E-state index in [9.17, 15) is 9.59 Å². The minimum absolute atomic E-state index is 0.0256. The van der Waals surface area contributed by atoms with Gasteiger partial charge in [0.1, 0.15) is 5.01 Å². The number of aromatic nitrogens is 1. The minimum atomic E-state index is -0.108. The van der Waals surface area contributed by atoms with Crippen LogP contribution in [-0.4, -0.2) is 59.9 Å². The fraction of sp³-hybridized carbons (Fsp3) is 0.500. The van der Waals surface area contributed by atoms with Gasteiger partial charge < -0.3 is 14.5 Å². The minimum Gasteiger partial charge on any atom is -0.378 e. The summed E-state index contributed by atoms with van der Waals surface area (Å²) in [6.45, 7) is 4.36. The molecule has 0 aliphatic carbocycles. The van der Waals surface area contributed by atoms with Gasteiger partial charge in [-0.1, -0.05) is 12.1 Å². The van der Waals surface area contributed by atoms with Crippen molar-refractivity contribution in [1.29, 1.82) is 0 Å². The molecule has 2 amide bonds. The van der Waals surface area contributed by atoms with Crippen molar-refractivity contribution < 1.29 is 14.3 Å². The van der Waals surface area contributed by atoms with E-state index in [4.69, 9.17) is 4.74 Å². The number of morpholine rings is 1. The maximum absolute atomic E-state index is 12.5. The van der Waals surface area contributed by atoms with Gasteiger partial charge in [-0.2, -0.15) is 0 Å². The van der Waals surface area contributed by atoms with Crippen molar-refractivity contribution in [3.63, 3.8) is 0 Å². The highest BCUT2D eigenvalue weighted by atomic mass is 32.1. The average Bonchev–Trinajstić information content (AvgIpc) is 3.09. The van der Waals surface area contributed by atoms with Gasteiger partial charge >= 0.3 is 0 Å². The highest BCUT2D eigenvalue weighted by molar-refractivity contribution is 7.18. The fourth-order valence-electron chi connectivity index (χ4n) is 2.81. The summed E-state index contributed by atoms with van der Waals surface area (Å²) in [4.78, 5) is 32.7. The van der Waals surface area contributed by atoms with Crippen LogP contribution in [0.5, 0.6) is 0 Å². The molecule has 3 rings (SSSR count). The van der Waals surface area contributed by atoms with Gasteiger partial charge in [0.05, 0.1) is 29.5 Å². The molecule has 0 bridgehead atoms. The number of amides is 2. The molecule has 1 aromatic carbocycles. The van der Waals surface area contributed by atoms with E-state index in [-0.39, 0.29) is 30.7 Å². The van der Waals surface area contributed by atoms with Crippen LogP contribution in [0.1, 0.15) is 30.8 Å². The molecule has 2 aromatic rings. The number of thiazole rings is 1. The first-order chi connectivity index (χ1) is 12.1. The first-order valence-electron chi connectivity index (χ1n) is 8.53. The molecule has 0 N–H and O–H groups in total. The number of nitrogens with zero attached hydrogens (tertiary/aromatic N) is 3. The van der Waals surface area contributed by atoms with Gasteiger partial charge in [-0.3, -0.25) is 9.59 Å². The van der Waals surface area contributed by atoms with Crippen LogP contribution < -0.4 is 0 Å². The highest BCUT2D eigenvalue weighted by Crippen LogP contribution is 2.29. The third kappa shape index (κ3) is 4.16. The van der Waals surface area contributed by atoms with Crippen LogP contribution in [-0.2, 0) is 14.3 Å². The Balaban J connectivity index is 1.56. The third-order valence-electron chi connectivity index (χ3n) is 4.56. The van der Waals surface area contributed by atoms with Gasteiger partial charge in [-0.05, 0) is 19.1 Å². The lowest BCUT2D eigenvalue weighted by Gasteiger charge is -2.27. The van der Waals surface area contributed by atoms with E-state index in [0.717, 1.165) is 15.2 Å². The summed E-state index contributed by atoms with van der Waals surface area (Å²) in [6.07, 6.45) is 0.470. The molecule has 7 heteroatoms. The molecule has 1 aromatic heterocycles. The van der Waals surface area contributed by atoms with Crippen molar-refractivity contribution in [3.05, 3.63) is 29.3 Å². The Labute approximate surface area is 151 Å². The summed E-state index contributed by atoms with van der Waals surface area (Å²) in [6, 6.07) is 7.85. The largest absolute Gasteiger partial charge is 0.378 e. The lowest BCUT2D eigenvalue weighted by molar-refractivity contribution is -0.139. The zero-order valence-corrected chi connectivity index (χ0v) is 15.4. The van der Waals surface area contributed by atoms with Crippen LogP contribution in [0, 0.1) is 0 Å². The lowest BCUT2D eigenvalue weighted by atomic mass is 10.2. The number of para-hydroxylation sites is 1. The molecular weight excluding hydrogens is 338 g/mol. The van der Waals surface area contributed by atoms with E-state index in [1.54, 1.807) is 28.2 Å². The van der Waals surface area contributed by atoms with Crippen molar-refractivity contribution in [3.8, 4) is 0 Å². The van der Waals surface area contributed by atoms with Crippen molar-refractivity contribution in [1.82, 2.24) is 14.8 Å². The van der Waals surface area contributed by atoms with E-state index in [0.29, 0.717) is 26.3 Å². The number of carbonyl (C=O) groups excluding carboxylic acids is 2. The molecular formula is C18H23N3O3S. The molecule has 1 aliphatic heterocycles. The number of hydrogen-bond donors (Lipinski definition) is 0. The number of benzene rings is 1. The van der Waals surface area contributed by atoms with Gasteiger partial charge in [0.25, 0.3) is 0 Å². The molecule has 1 aliphatic rings. The van der Waals surface area contributed by atoms with Crippen LogP contribution in [0.3, 0.4) is 0 Å². The molecule has 1 atom stereocenters. The Morgan fingerprint density at radius 1 is 1.28 bits per heavy atom. The molecule has 0 radical (unpaired) electrons. The van der Waals surface area contributed by atoms with Gasteiger partial charge in [0.15, 0.2) is 0 Å². The molecule has 6 nitrogen and oxygen atoms in total. The van der Waals surface area contributed by atoms with Crippen LogP contribution in [0.15, 0.2) is 24.3 Å². The van der Waals surface area contributed by atoms with Crippen LogP contribution in [0.2, 0.25) is 0 Å². The Bertz CT molecular complexity index is 722. The topological polar surface area (TPSA) is 62.7 Å². The number of hydrogen-bond acceptors (Lipinski definition) is 5. The maximum Gasteiger partial charge on any atom is 0.223 e. The van der Waals surface area contributed by atoms with E-state index in [2.05, 4.69) is 4.98 Å². The zero-order valence-electron chi connectivity index (χ0n) is 14.6. The molecule has 0 saturated carbocycles. The van der Waals surface area contributed by atoms with Crippen LogP contribution in [0.25, 0.3) is 10.2 Å². The highest BCUT2D eigenvalue weighted by Gasteiger charge is 2.23. The molecule has 0 unspecified atom stereocenters. The van der Waals surface area contributed by atoms with Crippen molar-refractivity contribution in [2.75, 3.05) is 33.4 Å². The standard InChI is InChI=1S/C18H23N3O3S/c1-13(18-19-14-5-3-4-6-15(14)25-18)20(2)16(22)7-8-17(23)21-9-11-24-12-10-21/h3-6,13H,7-12H2,1-2H3/t13-/m0/s1. The predicted molar refractivity (Wildman–Crippen MR) is 97.4 cm³/mol. The second-order valence-electron chi connectivity index (χ2n) is 6.19. The average molecular weight is 361 g/mol. The zero-order chi connectivity index (χ0) is 17.8. The van der Waals surface area contributed by atoms with Crippen molar-refractivity contribution in [2.45, 2.75) is 25.8 Å². The van der Waals surface area contributed by atoms with Gasteiger partial charge in [0, 0.05) is 33.0 Å². The van der Waals surface area contributed by atoms with E-state index in [1.165, 1.54) is 0 Å². The van der Waals surface area contributed by atoms with Crippen molar-refractivity contribution >= 4 is 33.4 Å². The Morgan fingerprint density at radius 2 is 2.00 bits per heavy atom. The summed E-state index contributed by atoms with van der Waals surface area (Å²) in [7, 11) is 1.78. The Kier molecular flexibility index (Phi) is 5.65. The lowest BCUT2D eigenvalue weighted by Crippen LogP contribution is -2.41. The molecule has 1 saturated heterocycles. The summed E-state index contributed by atoms with van der Waals surface area (Å²) >= 11 is 1.60. The summed E-state index contributed by atoms with van der Waals surface area (Å²) < 4.78 is 6.36. The summed E-state index contributed by atoms with van der Waals surface area (Å²) in [5.41, 5.74) is 0.956. The molecule has 25 heavy (non-hydrogen) atoms. The third-order valence-corrected chi connectivity index (χ3v) is 5.77. The normalized spacial score (nSPS) is 16.0. The molecule has 1 fully saturated rings. The van der Waals surface area contributed by atoms with Crippen LogP contribution >= 0.6 is 11.3 Å². The van der Waals surface area contributed by atoms with E-state index < -0.39 is 0 Å². The smallest absolute Gasteiger partial charge is 0.223 e. The van der Waals surface area contributed by atoms with Gasteiger partial charge in [-0.15, -0.1) is 11.3 Å². The predicted octanol–water partition coefficient (Wildman–Crippen LogP) is 2.45. The van der Waals surface area contributed by atoms with E-state index >= 15 is 0 Å². The molecule has 134 valence electrons. The first-order valence-corrected chi connectivity index (χ1v) is 9.34. The fourth-order valence-corrected chi connectivity index (χ4v) is 3.87. The Hall–Kier alpha value is -1.99. The summed E-state index contributed by atoms with van der Waals surface area (Å²) in [5.74, 6) is -0.00828. The van der Waals surface area contributed by atoms with Crippen molar-refractivity contribution in [2.24, 2.45) is 0 Å². The van der Waals surface area contributed by atoms with Crippen LogP contribution in [0.4, 0.5) is 0 Å². The second-order valence-corrected chi connectivity index (χ2v) is 7.26. The second kappa shape index (κ2) is 7.93. The van der Waals surface area contributed by atoms with Gasteiger partial charge in [0.2, 0.25) is 11.8 Å². The number of ether oxygens (including phenoxy) is 1. The van der Waals surface area contributed by atoms with E-state index in [1.807, 2.05) is 31.2 Å². The number of rotatable bonds is 5. The monoisotopic (exact) mass is 361 g/mol. The number of fused-ring (bicyclic) bond motifs is 1. The maximum atomic E-state index is 12.5. The molecule has 0 spiro atoms. The van der Waals surface area contributed by atoms with Gasteiger partial charge in [-0.25, -0.2) is 4.98 Å². The SMILES string of the molecule is C[C@@H](c1nc2ccccc2s1)N(C)C(=O)CCC(=O)N1CCOCC1.